The summed E-state index contributed by atoms with van der Waals surface area (Å²) in [7, 11) is 0. The molecule has 2 saturated carbocycles. The van der Waals surface area contributed by atoms with Crippen molar-refractivity contribution < 1.29 is 19.2 Å². The Kier molecular flexibility index (Phi) is 5.78. The van der Waals surface area contributed by atoms with Crippen LogP contribution in [0.3, 0.4) is 0 Å². The number of rotatable bonds is 7. The number of likely N-dealkylation sites (tertiary alicyclic amines) is 1. The quantitative estimate of drug-likeness (QED) is 0.376. The summed E-state index contributed by atoms with van der Waals surface area (Å²) in [4.78, 5) is 13.7. The minimum Gasteiger partial charge on any atom is -0.465 e. The molecule has 6 rings (SSSR count). The highest BCUT2D eigenvalue weighted by Crippen LogP contribution is 2.51. The zero-order chi connectivity index (χ0) is 24.2. The smallest absolute Gasteiger partial charge is 0.407 e. The van der Waals surface area contributed by atoms with Crippen LogP contribution in [0.4, 0.5) is 4.79 Å². The van der Waals surface area contributed by atoms with Crippen molar-refractivity contribution in [1.82, 2.24) is 10.1 Å². The van der Waals surface area contributed by atoms with Crippen LogP contribution >= 0.6 is 23.2 Å². The molecule has 35 heavy (non-hydrogen) atoms. The lowest BCUT2D eigenvalue weighted by Crippen LogP contribution is -2.51. The lowest BCUT2D eigenvalue weighted by atomic mass is 9.88. The van der Waals surface area contributed by atoms with Crippen molar-refractivity contribution in [1.29, 1.82) is 0 Å². The fraction of sp³-hybridized carbons (Fsp3) is 0.407. The number of carbonyl (C=O) groups is 1. The van der Waals surface area contributed by atoms with E-state index in [4.69, 9.17) is 32.5 Å². The van der Waals surface area contributed by atoms with Gasteiger partial charge in [-0.3, -0.25) is 0 Å². The van der Waals surface area contributed by atoms with Crippen LogP contribution in [-0.2, 0) is 17.8 Å². The summed E-state index contributed by atoms with van der Waals surface area (Å²) < 4.78 is 12.3. The molecule has 0 spiro atoms. The van der Waals surface area contributed by atoms with Gasteiger partial charge in [-0.15, -0.1) is 0 Å². The Balaban J connectivity index is 1.26. The van der Waals surface area contributed by atoms with E-state index in [1.54, 1.807) is 17.0 Å². The topological polar surface area (TPSA) is 75.8 Å². The van der Waals surface area contributed by atoms with Gasteiger partial charge in [-0.05, 0) is 49.8 Å². The van der Waals surface area contributed by atoms with Gasteiger partial charge < -0.3 is 19.3 Å². The SMILES string of the molecule is O=C(O)N1C[C@H]2C[C@@]1(Cc1ccccc1)C[C@H]2OCc1c(-c2c(Cl)cccc2Cl)noc1C1CC1. The van der Waals surface area contributed by atoms with Crippen LogP contribution in [0.1, 0.15) is 48.5 Å². The number of fused-ring (bicyclic) bond motifs is 2. The van der Waals surface area contributed by atoms with Crippen LogP contribution in [0.15, 0.2) is 53.1 Å². The van der Waals surface area contributed by atoms with E-state index in [0.717, 1.165) is 36.1 Å². The molecule has 2 aromatic carbocycles. The van der Waals surface area contributed by atoms with E-state index in [1.165, 1.54) is 0 Å². The van der Waals surface area contributed by atoms with Gasteiger partial charge in [0.05, 0.1) is 28.3 Å². The van der Waals surface area contributed by atoms with Crippen molar-refractivity contribution in [2.75, 3.05) is 6.54 Å². The molecular formula is C27H26Cl2N2O4. The third kappa shape index (κ3) is 4.11. The summed E-state index contributed by atoms with van der Waals surface area (Å²) in [6.45, 7) is 0.830. The Morgan fingerprint density at radius 3 is 2.54 bits per heavy atom. The molecule has 1 amide bonds. The van der Waals surface area contributed by atoms with Crippen molar-refractivity contribution in [2.24, 2.45) is 5.92 Å². The standard InChI is InChI=1S/C27H26Cl2N2O4/c28-20-7-4-8-21(29)23(20)24-19(25(35-30-24)17-9-10-17)15-34-22-13-27(11-16-5-2-1-3-6-16)12-18(22)14-31(27)26(32)33/h1-8,17-18,22H,9-15H2,(H,32,33)/t18-,22-,27+/m1/s1. The highest BCUT2D eigenvalue weighted by molar-refractivity contribution is 6.39. The number of amides is 1. The first-order valence-corrected chi connectivity index (χ1v) is 12.8. The summed E-state index contributed by atoms with van der Waals surface area (Å²) in [5.74, 6) is 1.36. The number of piperidine rings is 1. The van der Waals surface area contributed by atoms with Gasteiger partial charge in [0.15, 0.2) is 0 Å². The number of carboxylic acid groups (broad SMARTS) is 1. The Hall–Kier alpha value is -2.54. The first kappa shape index (κ1) is 22.9. The number of ether oxygens (including phenoxy) is 1. The van der Waals surface area contributed by atoms with Crippen LogP contribution in [-0.4, -0.2) is 39.4 Å². The third-order valence-electron chi connectivity index (χ3n) is 7.75. The maximum Gasteiger partial charge on any atom is 0.407 e. The summed E-state index contributed by atoms with van der Waals surface area (Å²) in [5.41, 5.74) is 2.90. The molecule has 6 nitrogen and oxygen atoms in total. The lowest BCUT2D eigenvalue weighted by Gasteiger charge is -2.39. The highest BCUT2D eigenvalue weighted by Gasteiger charge is 2.57. The van der Waals surface area contributed by atoms with Crippen LogP contribution in [0, 0.1) is 5.92 Å². The predicted octanol–water partition coefficient (Wildman–Crippen LogP) is 6.80. The summed E-state index contributed by atoms with van der Waals surface area (Å²) >= 11 is 13.0. The second kappa shape index (κ2) is 8.84. The molecule has 1 aliphatic heterocycles. The fourth-order valence-corrected chi connectivity index (χ4v) is 6.58. The minimum absolute atomic E-state index is 0.0363. The maximum absolute atomic E-state index is 12.1. The summed E-state index contributed by atoms with van der Waals surface area (Å²) in [6.07, 6.45) is 3.41. The second-order valence-corrected chi connectivity index (χ2v) is 10.9. The molecule has 3 fully saturated rings. The van der Waals surface area contributed by atoms with Gasteiger partial charge in [-0.2, -0.15) is 0 Å². The number of hydrogen-bond acceptors (Lipinski definition) is 4. The first-order valence-electron chi connectivity index (χ1n) is 12.0. The Bertz CT molecular complexity index is 1240. The lowest BCUT2D eigenvalue weighted by molar-refractivity contribution is -0.0232. The van der Waals surface area contributed by atoms with E-state index in [9.17, 15) is 9.90 Å². The zero-order valence-electron chi connectivity index (χ0n) is 19.1. The van der Waals surface area contributed by atoms with Crippen molar-refractivity contribution in [2.45, 2.75) is 56.3 Å². The number of hydrogen-bond donors (Lipinski definition) is 1. The Morgan fingerprint density at radius 2 is 1.86 bits per heavy atom. The van der Waals surface area contributed by atoms with E-state index in [0.29, 0.717) is 53.2 Å². The van der Waals surface area contributed by atoms with E-state index in [2.05, 4.69) is 17.3 Å². The number of nitrogens with zero attached hydrogens (tertiary/aromatic N) is 2. The Morgan fingerprint density at radius 1 is 1.11 bits per heavy atom. The third-order valence-corrected chi connectivity index (χ3v) is 8.38. The molecule has 3 aliphatic rings. The van der Waals surface area contributed by atoms with Gasteiger partial charge in [0, 0.05) is 29.5 Å². The largest absolute Gasteiger partial charge is 0.465 e. The molecule has 2 bridgehead atoms. The zero-order valence-corrected chi connectivity index (χ0v) is 20.6. The molecule has 1 N–H and O–H groups in total. The first-order chi connectivity index (χ1) is 16.9. The molecule has 8 heteroatoms. The van der Waals surface area contributed by atoms with E-state index in [-0.39, 0.29) is 12.0 Å². The molecule has 1 saturated heterocycles. The van der Waals surface area contributed by atoms with Crippen molar-refractivity contribution in [3.8, 4) is 11.3 Å². The average Bonchev–Trinajstić information content (AvgIpc) is 3.36. The average molecular weight is 513 g/mol. The van der Waals surface area contributed by atoms with Gasteiger partial charge >= 0.3 is 6.09 Å². The van der Waals surface area contributed by atoms with Gasteiger partial charge in [0.2, 0.25) is 0 Å². The van der Waals surface area contributed by atoms with Gasteiger partial charge in [-0.1, -0.05) is 64.8 Å². The van der Waals surface area contributed by atoms with Crippen LogP contribution in [0.5, 0.6) is 0 Å². The van der Waals surface area contributed by atoms with Gasteiger partial charge in [0.25, 0.3) is 0 Å². The molecule has 0 unspecified atom stereocenters. The second-order valence-electron chi connectivity index (χ2n) is 10.0. The highest BCUT2D eigenvalue weighted by atomic mass is 35.5. The van der Waals surface area contributed by atoms with Gasteiger partial charge in [0.1, 0.15) is 11.5 Å². The predicted molar refractivity (Wildman–Crippen MR) is 133 cm³/mol. The van der Waals surface area contributed by atoms with Crippen molar-refractivity contribution in [3.63, 3.8) is 0 Å². The summed E-state index contributed by atoms with van der Waals surface area (Å²) in [5, 5.41) is 15.3. The summed E-state index contributed by atoms with van der Waals surface area (Å²) in [6, 6.07) is 15.5. The monoisotopic (exact) mass is 512 g/mol. The van der Waals surface area contributed by atoms with Crippen molar-refractivity contribution in [3.05, 3.63) is 75.5 Å². The number of aromatic nitrogens is 1. The molecule has 1 aromatic heterocycles. The molecular weight excluding hydrogens is 487 g/mol. The van der Waals surface area contributed by atoms with E-state index < -0.39 is 11.6 Å². The molecule has 2 aliphatic carbocycles. The molecule has 2 heterocycles. The van der Waals surface area contributed by atoms with Crippen LogP contribution in [0.25, 0.3) is 11.3 Å². The van der Waals surface area contributed by atoms with E-state index in [1.807, 2.05) is 24.3 Å². The number of halogens is 2. The number of benzene rings is 2. The molecule has 182 valence electrons. The maximum atomic E-state index is 12.1. The fourth-order valence-electron chi connectivity index (χ4n) is 6.00. The van der Waals surface area contributed by atoms with Gasteiger partial charge in [-0.25, -0.2) is 4.79 Å². The van der Waals surface area contributed by atoms with Crippen LogP contribution < -0.4 is 0 Å². The molecule has 3 atom stereocenters. The Labute approximate surface area is 213 Å². The van der Waals surface area contributed by atoms with Crippen molar-refractivity contribution >= 4 is 29.3 Å². The minimum atomic E-state index is -0.854. The molecule has 0 radical (unpaired) electrons. The molecule has 3 aromatic rings. The van der Waals surface area contributed by atoms with E-state index >= 15 is 0 Å². The van der Waals surface area contributed by atoms with Crippen LogP contribution in [0.2, 0.25) is 10.0 Å². The normalized spacial score (nSPS) is 25.4.